The van der Waals surface area contributed by atoms with Gasteiger partial charge in [0.1, 0.15) is 13.2 Å². The average Bonchev–Trinajstić information content (AvgIpc) is 2.50. The molecule has 0 fully saturated rings. The Balaban J connectivity index is 1.78. The first-order valence-corrected chi connectivity index (χ1v) is 7.92. The molecule has 0 saturated heterocycles. The summed E-state index contributed by atoms with van der Waals surface area (Å²) in [4.78, 5) is 0. The van der Waals surface area contributed by atoms with Crippen molar-refractivity contribution in [1.82, 2.24) is 0 Å². The Hall–Kier alpha value is -1.39. The molecule has 0 amide bonds. The van der Waals surface area contributed by atoms with Gasteiger partial charge in [-0.15, -0.1) is 0 Å². The summed E-state index contributed by atoms with van der Waals surface area (Å²) in [5.74, 6) is 1.62. The number of halogens is 2. The van der Waals surface area contributed by atoms with Crippen LogP contribution >= 0.6 is 27.5 Å². The minimum atomic E-state index is 0.137. The van der Waals surface area contributed by atoms with Crippen LogP contribution in [-0.4, -0.2) is 13.2 Å². The molecule has 0 aliphatic carbocycles. The highest BCUT2D eigenvalue weighted by Crippen LogP contribution is 2.34. The maximum absolute atomic E-state index is 6.11. The first-order valence-electron chi connectivity index (χ1n) is 6.74. The predicted molar refractivity (Wildman–Crippen MR) is 88.6 cm³/mol. The summed E-state index contributed by atoms with van der Waals surface area (Å²) in [5.41, 5.74) is 2.11. The molecule has 0 spiro atoms. The highest BCUT2D eigenvalue weighted by molar-refractivity contribution is 9.10. The van der Waals surface area contributed by atoms with Crippen molar-refractivity contribution in [2.75, 3.05) is 18.5 Å². The van der Waals surface area contributed by atoms with Crippen molar-refractivity contribution in [1.29, 1.82) is 0 Å². The third kappa shape index (κ3) is 3.27. The van der Waals surface area contributed by atoms with Gasteiger partial charge in [0, 0.05) is 16.2 Å². The maximum atomic E-state index is 6.11. The fourth-order valence-corrected chi connectivity index (χ4v) is 2.68. The summed E-state index contributed by atoms with van der Waals surface area (Å²) in [6.45, 7) is 3.31. The van der Waals surface area contributed by atoms with Crippen LogP contribution in [-0.2, 0) is 0 Å². The zero-order valence-corrected chi connectivity index (χ0v) is 13.9. The standard InChI is InChI=1S/C16H15BrClNO2/c1-10(19-12-3-4-13(17)14(18)9-12)11-2-5-15-16(8-11)21-7-6-20-15/h2-5,8-10,19H,6-7H2,1H3. The van der Waals surface area contributed by atoms with Crippen LogP contribution in [0.25, 0.3) is 0 Å². The molecule has 3 rings (SSSR count). The van der Waals surface area contributed by atoms with Crippen molar-refractivity contribution >= 4 is 33.2 Å². The number of anilines is 1. The second-order valence-electron chi connectivity index (χ2n) is 4.90. The summed E-state index contributed by atoms with van der Waals surface area (Å²) < 4.78 is 12.0. The van der Waals surface area contributed by atoms with Crippen LogP contribution in [0.3, 0.4) is 0 Å². The number of hydrogen-bond acceptors (Lipinski definition) is 3. The van der Waals surface area contributed by atoms with E-state index in [4.69, 9.17) is 21.1 Å². The molecule has 110 valence electrons. The van der Waals surface area contributed by atoms with E-state index < -0.39 is 0 Å². The quantitative estimate of drug-likeness (QED) is 0.822. The zero-order valence-electron chi connectivity index (χ0n) is 11.5. The van der Waals surface area contributed by atoms with Crippen molar-refractivity contribution in [3.8, 4) is 11.5 Å². The van der Waals surface area contributed by atoms with E-state index in [1.807, 2.05) is 36.4 Å². The van der Waals surface area contributed by atoms with Crippen LogP contribution in [0.1, 0.15) is 18.5 Å². The number of nitrogens with one attached hydrogen (secondary N) is 1. The van der Waals surface area contributed by atoms with E-state index in [0.717, 1.165) is 27.2 Å². The maximum Gasteiger partial charge on any atom is 0.161 e. The van der Waals surface area contributed by atoms with Crippen LogP contribution in [0.2, 0.25) is 5.02 Å². The molecule has 2 aromatic carbocycles. The molecule has 1 aliphatic heterocycles. The lowest BCUT2D eigenvalue weighted by Gasteiger charge is -2.21. The Morgan fingerprint density at radius 3 is 2.62 bits per heavy atom. The highest BCUT2D eigenvalue weighted by atomic mass is 79.9. The molecule has 1 atom stereocenters. The zero-order chi connectivity index (χ0) is 14.8. The van der Waals surface area contributed by atoms with Gasteiger partial charge in [0.15, 0.2) is 11.5 Å². The third-order valence-corrected chi connectivity index (χ3v) is 4.60. The first-order chi connectivity index (χ1) is 10.1. The van der Waals surface area contributed by atoms with Crippen LogP contribution in [0.5, 0.6) is 11.5 Å². The highest BCUT2D eigenvalue weighted by Gasteiger charge is 2.14. The Kier molecular flexibility index (Phi) is 4.27. The van der Waals surface area contributed by atoms with Crippen molar-refractivity contribution in [3.05, 3.63) is 51.5 Å². The van der Waals surface area contributed by atoms with E-state index in [1.165, 1.54) is 0 Å². The topological polar surface area (TPSA) is 30.5 Å². The Labute approximate surface area is 137 Å². The molecule has 5 heteroatoms. The predicted octanol–water partition coefficient (Wildman–Crippen LogP) is 5.05. The number of rotatable bonds is 3. The van der Waals surface area contributed by atoms with Gasteiger partial charge in [-0.25, -0.2) is 0 Å². The molecule has 3 nitrogen and oxygen atoms in total. The van der Waals surface area contributed by atoms with Gasteiger partial charge >= 0.3 is 0 Å². The first kappa shape index (κ1) is 14.5. The summed E-state index contributed by atoms with van der Waals surface area (Å²) in [5, 5.41) is 4.12. The molecule has 0 aromatic heterocycles. The Morgan fingerprint density at radius 1 is 1.10 bits per heavy atom. The normalized spacial score (nSPS) is 14.6. The van der Waals surface area contributed by atoms with Crippen LogP contribution in [0.4, 0.5) is 5.69 Å². The fourth-order valence-electron chi connectivity index (χ4n) is 2.25. The van der Waals surface area contributed by atoms with Gasteiger partial charge in [-0.1, -0.05) is 17.7 Å². The van der Waals surface area contributed by atoms with Crippen LogP contribution < -0.4 is 14.8 Å². The molecule has 2 aromatic rings. The number of fused-ring (bicyclic) bond motifs is 1. The second kappa shape index (κ2) is 6.16. The van der Waals surface area contributed by atoms with Crippen molar-refractivity contribution in [2.24, 2.45) is 0 Å². The van der Waals surface area contributed by atoms with Gasteiger partial charge < -0.3 is 14.8 Å². The third-order valence-electron chi connectivity index (χ3n) is 3.37. The average molecular weight is 369 g/mol. The van der Waals surface area contributed by atoms with E-state index in [-0.39, 0.29) is 6.04 Å². The van der Waals surface area contributed by atoms with Gasteiger partial charge in [-0.05, 0) is 58.7 Å². The molecule has 1 N–H and O–H groups in total. The van der Waals surface area contributed by atoms with Crippen LogP contribution in [0, 0.1) is 0 Å². The van der Waals surface area contributed by atoms with Crippen molar-refractivity contribution in [3.63, 3.8) is 0 Å². The largest absolute Gasteiger partial charge is 0.486 e. The SMILES string of the molecule is CC(Nc1ccc(Br)c(Cl)c1)c1ccc2c(c1)OCCO2. The smallest absolute Gasteiger partial charge is 0.161 e. The van der Waals surface area contributed by atoms with Crippen LogP contribution in [0.15, 0.2) is 40.9 Å². The van der Waals surface area contributed by atoms with E-state index >= 15 is 0 Å². The number of hydrogen-bond donors (Lipinski definition) is 1. The van der Waals surface area contributed by atoms with E-state index in [2.05, 4.69) is 28.2 Å². The van der Waals surface area contributed by atoms with Crippen molar-refractivity contribution < 1.29 is 9.47 Å². The summed E-state index contributed by atoms with van der Waals surface area (Å²) >= 11 is 9.51. The lowest BCUT2D eigenvalue weighted by atomic mass is 10.1. The Morgan fingerprint density at radius 2 is 1.86 bits per heavy atom. The molecule has 0 saturated carbocycles. The summed E-state index contributed by atoms with van der Waals surface area (Å²) in [7, 11) is 0. The van der Waals surface area contributed by atoms with Gasteiger partial charge in [-0.3, -0.25) is 0 Å². The number of ether oxygens (including phenoxy) is 2. The van der Waals surface area contributed by atoms with Gasteiger partial charge in [-0.2, -0.15) is 0 Å². The molecule has 0 bridgehead atoms. The van der Waals surface area contributed by atoms with E-state index in [9.17, 15) is 0 Å². The lowest BCUT2D eigenvalue weighted by molar-refractivity contribution is 0.171. The molecule has 1 heterocycles. The number of benzene rings is 2. The monoisotopic (exact) mass is 367 g/mol. The molecular formula is C16H15BrClNO2. The molecular weight excluding hydrogens is 354 g/mol. The molecule has 1 aliphatic rings. The minimum absolute atomic E-state index is 0.137. The van der Waals surface area contributed by atoms with Crippen molar-refractivity contribution in [2.45, 2.75) is 13.0 Å². The van der Waals surface area contributed by atoms with Gasteiger partial charge in [0.05, 0.1) is 5.02 Å². The minimum Gasteiger partial charge on any atom is -0.486 e. The fraction of sp³-hybridized carbons (Fsp3) is 0.250. The lowest BCUT2D eigenvalue weighted by Crippen LogP contribution is -2.16. The van der Waals surface area contributed by atoms with E-state index in [0.29, 0.717) is 18.2 Å². The molecule has 1 unspecified atom stereocenters. The second-order valence-corrected chi connectivity index (χ2v) is 6.16. The summed E-state index contributed by atoms with van der Waals surface area (Å²) in [6.07, 6.45) is 0. The molecule has 0 radical (unpaired) electrons. The van der Waals surface area contributed by atoms with E-state index in [1.54, 1.807) is 0 Å². The molecule has 21 heavy (non-hydrogen) atoms. The summed E-state index contributed by atoms with van der Waals surface area (Å²) in [6, 6.07) is 12.0. The van der Waals surface area contributed by atoms with Gasteiger partial charge in [0.25, 0.3) is 0 Å². The van der Waals surface area contributed by atoms with Gasteiger partial charge in [0.2, 0.25) is 0 Å². The Bertz CT molecular complexity index is 663.